The molecular formula is C20H16ClN3O3S. The molecule has 4 rings (SSSR count). The molecule has 0 atom stereocenters. The normalized spacial score (nSPS) is 10.9. The van der Waals surface area contributed by atoms with Gasteiger partial charge in [0, 0.05) is 10.6 Å². The van der Waals surface area contributed by atoms with Gasteiger partial charge < -0.3 is 13.6 Å². The molecule has 0 radical (unpaired) electrons. The smallest absolute Gasteiger partial charge is 0.277 e. The zero-order chi connectivity index (χ0) is 19.3. The zero-order valence-corrected chi connectivity index (χ0v) is 16.5. The first-order valence-corrected chi connectivity index (χ1v) is 9.87. The van der Waals surface area contributed by atoms with E-state index >= 15 is 0 Å². The van der Waals surface area contributed by atoms with Crippen LogP contribution in [0.25, 0.3) is 11.3 Å². The number of rotatable bonds is 7. The topological polar surface area (TPSA) is 74.2 Å². The minimum absolute atomic E-state index is 0.217. The summed E-state index contributed by atoms with van der Waals surface area (Å²) >= 11 is 7.36. The number of thioether (sulfide) groups is 1. The predicted octanol–water partition coefficient (Wildman–Crippen LogP) is 5.56. The van der Waals surface area contributed by atoms with Crippen LogP contribution in [0.4, 0.5) is 0 Å². The van der Waals surface area contributed by atoms with E-state index in [-0.39, 0.29) is 6.61 Å². The molecule has 0 aliphatic heterocycles. The zero-order valence-electron chi connectivity index (χ0n) is 15.0. The van der Waals surface area contributed by atoms with Crippen LogP contribution in [0.2, 0.25) is 5.02 Å². The summed E-state index contributed by atoms with van der Waals surface area (Å²) in [5, 5.41) is 9.09. The first kappa shape index (κ1) is 18.6. The van der Waals surface area contributed by atoms with Crippen molar-refractivity contribution in [3.63, 3.8) is 0 Å². The minimum atomic E-state index is 0.217. The van der Waals surface area contributed by atoms with Gasteiger partial charge in [-0.25, -0.2) is 4.98 Å². The SMILES string of the molecule is Cc1ccc(OCc2nnc(SCc3ncc(-c4cccc(Cl)c4)o3)o2)cc1. The van der Waals surface area contributed by atoms with Crippen molar-refractivity contribution in [3.8, 4) is 17.1 Å². The van der Waals surface area contributed by atoms with Crippen LogP contribution in [0.3, 0.4) is 0 Å². The molecule has 2 heterocycles. The molecule has 0 aliphatic rings. The second-order valence-electron chi connectivity index (χ2n) is 5.98. The monoisotopic (exact) mass is 413 g/mol. The van der Waals surface area contributed by atoms with Gasteiger partial charge in [0.15, 0.2) is 12.4 Å². The molecular weight excluding hydrogens is 398 g/mol. The number of aryl methyl sites for hydroxylation is 1. The molecule has 2 aromatic heterocycles. The van der Waals surface area contributed by atoms with E-state index in [1.54, 1.807) is 6.20 Å². The summed E-state index contributed by atoms with van der Waals surface area (Å²) in [5.74, 6) is 2.87. The highest BCUT2D eigenvalue weighted by atomic mass is 35.5. The number of ether oxygens (including phenoxy) is 1. The molecule has 142 valence electrons. The number of halogens is 1. The molecule has 0 saturated carbocycles. The van der Waals surface area contributed by atoms with Gasteiger partial charge in [-0.15, -0.1) is 10.2 Å². The lowest BCUT2D eigenvalue weighted by Gasteiger charge is -2.02. The van der Waals surface area contributed by atoms with Gasteiger partial charge in [0.1, 0.15) is 5.75 Å². The number of hydrogen-bond acceptors (Lipinski definition) is 7. The Balaban J connectivity index is 1.31. The van der Waals surface area contributed by atoms with Crippen molar-refractivity contribution in [2.45, 2.75) is 24.5 Å². The minimum Gasteiger partial charge on any atom is -0.484 e. The maximum Gasteiger partial charge on any atom is 0.277 e. The van der Waals surface area contributed by atoms with Gasteiger partial charge in [0.05, 0.1) is 11.9 Å². The molecule has 4 aromatic rings. The standard InChI is InChI=1S/C20H16ClN3O3S/c1-13-5-7-16(8-6-13)25-11-18-23-24-20(27-18)28-12-19-22-10-17(26-19)14-3-2-4-15(21)9-14/h2-10H,11-12H2,1H3. The van der Waals surface area contributed by atoms with Crippen molar-refractivity contribution < 1.29 is 13.6 Å². The lowest BCUT2D eigenvalue weighted by atomic mass is 10.2. The first-order chi connectivity index (χ1) is 13.7. The molecule has 0 fully saturated rings. The highest BCUT2D eigenvalue weighted by Crippen LogP contribution is 2.27. The summed E-state index contributed by atoms with van der Waals surface area (Å²) in [6.45, 7) is 2.24. The predicted molar refractivity (Wildman–Crippen MR) is 106 cm³/mol. The summed E-state index contributed by atoms with van der Waals surface area (Å²) in [6, 6.07) is 15.2. The van der Waals surface area contributed by atoms with E-state index < -0.39 is 0 Å². The van der Waals surface area contributed by atoms with E-state index in [9.17, 15) is 0 Å². The molecule has 0 bridgehead atoms. The van der Waals surface area contributed by atoms with Crippen LogP contribution in [-0.2, 0) is 12.4 Å². The van der Waals surface area contributed by atoms with Crippen LogP contribution in [0.5, 0.6) is 5.75 Å². The van der Waals surface area contributed by atoms with E-state index in [0.717, 1.165) is 11.3 Å². The van der Waals surface area contributed by atoms with Crippen LogP contribution in [0, 0.1) is 6.92 Å². The Kier molecular flexibility index (Phi) is 5.64. The van der Waals surface area contributed by atoms with Gasteiger partial charge in [-0.2, -0.15) is 0 Å². The van der Waals surface area contributed by atoms with E-state index in [1.807, 2.05) is 55.5 Å². The molecule has 8 heteroatoms. The number of nitrogens with zero attached hydrogens (tertiary/aromatic N) is 3. The first-order valence-electron chi connectivity index (χ1n) is 8.51. The van der Waals surface area contributed by atoms with E-state index in [0.29, 0.717) is 33.5 Å². The second kappa shape index (κ2) is 8.50. The van der Waals surface area contributed by atoms with Gasteiger partial charge in [0.2, 0.25) is 5.89 Å². The second-order valence-corrected chi connectivity index (χ2v) is 7.34. The van der Waals surface area contributed by atoms with Crippen molar-refractivity contribution in [1.82, 2.24) is 15.2 Å². The van der Waals surface area contributed by atoms with Gasteiger partial charge in [-0.3, -0.25) is 0 Å². The van der Waals surface area contributed by atoms with Gasteiger partial charge in [0.25, 0.3) is 11.1 Å². The van der Waals surface area contributed by atoms with Gasteiger partial charge in [-0.05, 0) is 31.2 Å². The van der Waals surface area contributed by atoms with Crippen LogP contribution in [0.15, 0.2) is 68.8 Å². The Hall–Kier alpha value is -2.77. The Morgan fingerprint density at radius 3 is 2.71 bits per heavy atom. The van der Waals surface area contributed by atoms with E-state index in [1.165, 1.54) is 17.3 Å². The van der Waals surface area contributed by atoms with Crippen LogP contribution in [-0.4, -0.2) is 15.2 Å². The van der Waals surface area contributed by atoms with Crippen LogP contribution >= 0.6 is 23.4 Å². The van der Waals surface area contributed by atoms with Crippen molar-refractivity contribution in [2.75, 3.05) is 0 Å². The van der Waals surface area contributed by atoms with Gasteiger partial charge in [-0.1, -0.05) is 53.2 Å². The fraction of sp³-hybridized carbons (Fsp3) is 0.150. The number of hydrogen-bond donors (Lipinski definition) is 0. The average Bonchev–Trinajstić information content (AvgIpc) is 3.35. The third-order valence-electron chi connectivity index (χ3n) is 3.81. The van der Waals surface area contributed by atoms with Crippen molar-refractivity contribution >= 4 is 23.4 Å². The Morgan fingerprint density at radius 1 is 1.04 bits per heavy atom. The quantitative estimate of drug-likeness (QED) is 0.367. The molecule has 28 heavy (non-hydrogen) atoms. The van der Waals surface area contributed by atoms with Crippen LogP contribution < -0.4 is 4.74 Å². The lowest BCUT2D eigenvalue weighted by Crippen LogP contribution is -1.95. The third-order valence-corrected chi connectivity index (χ3v) is 4.85. The van der Waals surface area contributed by atoms with Crippen molar-refractivity contribution in [2.24, 2.45) is 0 Å². The molecule has 6 nitrogen and oxygen atoms in total. The summed E-state index contributed by atoms with van der Waals surface area (Å²) in [4.78, 5) is 4.28. The molecule has 0 spiro atoms. The fourth-order valence-electron chi connectivity index (χ4n) is 2.41. The average molecular weight is 414 g/mol. The van der Waals surface area contributed by atoms with Gasteiger partial charge >= 0.3 is 0 Å². The number of oxazole rings is 1. The Bertz CT molecular complexity index is 1060. The third kappa shape index (κ3) is 4.74. The molecule has 0 aliphatic carbocycles. The highest BCUT2D eigenvalue weighted by molar-refractivity contribution is 7.98. The largest absolute Gasteiger partial charge is 0.484 e. The van der Waals surface area contributed by atoms with Crippen LogP contribution in [0.1, 0.15) is 17.3 Å². The van der Waals surface area contributed by atoms with Crippen molar-refractivity contribution in [3.05, 3.63) is 77.1 Å². The summed E-state index contributed by atoms with van der Waals surface area (Å²) in [5.41, 5.74) is 2.05. The fourth-order valence-corrected chi connectivity index (χ4v) is 3.23. The van der Waals surface area contributed by atoms with Crippen molar-refractivity contribution in [1.29, 1.82) is 0 Å². The van der Waals surface area contributed by atoms with E-state index in [2.05, 4.69) is 15.2 Å². The Labute approximate surface area is 170 Å². The highest BCUT2D eigenvalue weighted by Gasteiger charge is 2.11. The Morgan fingerprint density at radius 2 is 1.89 bits per heavy atom. The molecule has 0 amide bonds. The molecule has 0 unspecified atom stereocenters. The maximum atomic E-state index is 6.01. The summed E-state index contributed by atoms with van der Waals surface area (Å²) < 4.78 is 17.0. The molecule has 0 N–H and O–H groups in total. The maximum absolute atomic E-state index is 6.01. The number of aromatic nitrogens is 3. The lowest BCUT2D eigenvalue weighted by molar-refractivity contribution is 0.252. The van der Waals surface area contributed by atoms with E-state index in [4.69, 9.17) is 25.2 Å². The summed E-state index contributed by atoms with van der Waals surface area (Å²) in [6.07, 6.45) is 1.68. The number of benzene rings is 2. The molecule has 2 aromatic carbocycles. The summed E-state index contributed by atoms with van der Waals surface area (Å²) in [7, 11) is 0. The molecule has 0 saturated heterocycles.